The van der Waals surface area contributed by atoms with Crippen molar-refractivity contribution in [2.24, 2.45) is 5.92 Å². The zero-order chi connectivity index (χ0) is 14.1. The van der Waals surface area contributed by atoms with Gasteiger partial charge in [-0.3, -0.25) is 4.79 Å². The van der Waals surface area contributed by atoms with Gasteiger partial charge in [-0.1, -0.05) is 13.3 Å². The highest BCUT2D eigenvalue weighted by Crippen LogP contribution is 2.06. The van der Waals surface area contributed by atoms with Gasteiger partial charge < -0.3 is 20.4 Å². The first-order valence-electron chi connectivity index (χ1n) is 6.25. The smallest absolute Gasteiger partial charge is 0.317 e. The van der Waals surface area contributed by atoms with E-state index in [0.29, 0.717) is 25.9 Å². The molecule has 0 fully saturated rings. The number of carbonyl (C=O) groups is 2. The van der Waals surface area contributed by atoms with Gasteiger partial charge in [-0.15, -0.1) is 0 Å². The highest BCUT2D eigenvalue weighted by atomic mass is 16.4. The van der Waals surface area contributed by atoms with Crippen molar-refractivity contribution in [3.05, 3.63) is 0 Å². The molecule has 0 bridgehead atoms. The Morgan fingerprint density at radius 1 is 1.39 bits per heavy atom. The molecule has 3 N–H and O–H groups in total. The lowest BCUT2D eigenvalue weighted by atomic mass is 10.0. The Morgan fingerprint density at radius 2 is 2.00 bits per heavy atom. The normalized spacial score (nSPS) is 13.8. The van der Waals surface area contributed by atoms with Crippen LogP contribution in [-0.2, 0) is 4.79 Å². The third-order valence-electron chi connectivity index (χ3n) is 2.81. The number of urea groups is 1. The van der Waals surface area contributed by atoms with Gasteiger partial charge in [0.15, 0.2) is 0 Å². The lowest BCUT2D eigenvalue weighted by Crippen LogP contribution is -2.40. The molecule has 2 unspecified atom stereocenters. The van der Waals surface area contributed by atoms with E-state index >= 15 is 0 Å². The molecule has 0 aliphatic carbocycles. The zero-order valence-corrected chi connectivity index (χ0v) is 11.3. The summed E-state index contributed by atoms with van der Waals surface area (Å²) in [4.78, 5) is 23.7. The summed E-state index contributed by atoms with van der Waals surface area (Å²) >= 11 is 0. The van der Waals surface area contributed by atoms with E-state index in [1.165, 1.54) is 4.90 Å². The molecule has 0 radical (unpaired) electrons. The van der Waals surface area contributed by atoms with Crippen molar-refractivity contribution >= 4 is 12.0 Å². The van der Waals surface area contributed by atoms with E-state index in [4.69, 9.17) is 10.2 Å². The average Bonchev–Trinajstić information content (AvgIpc) is 2.30. The SMILES string of the molecule is CCC(CNC(=O)N(C)CCC(C)O)CC(=O)O. The van der Waals surface area contributed by atoms with Gasteiger partial charge in [0.2, 0.25) is 0 Å². The fourth-order valence-electron chi connectivity index (χ4n) is 1.46. The van der Waals surface area contributed by atoms with Gasteiger partial charge in [0.25, 0.3) is 0 Å². The van der Waals surface area contributed by atoms with Gasteiger partial charge in [0.05, 0.1) is 6.10 Å². The second-order valence-corrected chi connectivity index (χ2v) is 4.62. The van der Waals surface area contributed by atoms with E-state index in [-0.39, 0.29) is 18.4 Å². The largest absolute Gasteiger partial charge is 0.481 e. The number of aliphatic hydroxyl groups is 1. The first-order valence-corrected chi connectivity index (χ1v) is 6.25. The van der Waals surface area contributed by atoms with Crippen molar-refractivity contribution in [2.75, 3.05) is 20.1 Å². The van der Waals surface area contributed by atoms with Crippen molar-refractivity contribution in [2.45, 2.75) is 39.2 Å². The monoisotopic (exact) mass is 260 g/mol. The first-order chi connectivity index (χ1) is 8.36. The van der Waals surface area contributed by atoms with Crippen LogP contribution in [0.4, 0.5) is 4.79 Å². The minimum absolute atomic E-state index is 0.0448. The molecule has 0 aromatic carbocycles. The standard InChI is InChI=1S/C12H24N2O4/c1-4-10(7-11(16)17)8-13-12(18)14(3)6-5-9(2)15/h9-10,15H,4-8H2,1-3H3,(H,13,18)(H,16,17). The number of carboxylic acid groups (broad SMARTS) is 1. The predicted molar refractivity (Wildman–Crippen MR) is 68.4 cm³/mol. The molecule has 0 spiro atoms. The minimum Gasteiger partial charge on any atom is -0.481 e. The maximum atomic E-state index is 11.6. The van der Waals surface area contributed by atoms with E-state index in [2.05, 4.69) is 5.32 Å². The second-order valence-electron chi connectivity index (χ2n) is 4.62. The molecule has 18 heavy (non-hydrogen) atoms. The lowest BCUT2D eigenvalue weighted by Gasteiger charge is -2.20. The van der Waals surface area contributed by atoms with E-state index in [0.717, 1.165) is 0 Å². The Balaban J connectivity index is 3.95. The fraction of sp³-hybridized carbons (Fsp3) is 0.833. The molecule has 6 nitrogen and oxygen atoms in total. The van der Waals surface area contributed by atoms with Gasteiger partial charge in [-0.25, -0.2) is 4.79 Å². The van der Waals surface area contributed by atoms with Crippen LogP contribution in [0.1, 0.15) is 33.1 Å². The molecule has 0 saturated heterocycles. The van der Waals surface area contributed by atoms with Gasteiger partial charge in [0.1, 0.15) is 0 Å². The van der Waals surface area contributed by atoms with E-state index in [1.54, 1.807) is 14.0 Å². The van der Waals surface area contributed by atoms with Crippen LogP contribution in [0.5, 0.6) is 0 Å². The lowest BCUT2D eigenvalue weighted by molar-refractivity contribution is -0.138. The number of amides is 2. The van der Waals surface area contributed by atoms with Crippen molar-refractivity contribution in [1.82, 2.24) is 10.2 Å². The summed E-state index contributed by atoms with van der Waals surface area (Å²) in [6.45, 7) is 4.41. The van der Waals surface area contributed by atoms with Crippen LogP contribution >= 0.6 is 0 Å². The van der Waals surface area contributed by atoms with Gasteiger partial charge in [-0.05, 0) is 19.3 Å². The molecule has 6 heteroatoms. The molecular weight excluding hydrogens is 236 g/mol. The van der Waals surface area contributed by atoms with Crippen LogP contribution in [0.3, 0.4) is 0 Å². The quantitative estimate of drug-likeness (QED) is 0.605. The van der Waals surface area contributed by atoms with Crippen LogP contribution in [0.15, 0.2) is 0 Å². The van der Waals surface area contributed by atoms with Crippen molar-refractivity contribution in [3.8, 4) is 0 Å². The number of hydrogen-bond acceptors (Lipinski definition) is 3. The number of aliphatic hydroxyl groups excluding tert-OH is 1. The number of nitrogens with one attached hydrogen (secondary N) is 1. The fourth-order valence-corrected chi connectivity index (χ4v) is 1.46. The summed E-state index contributed by atoms with van der Waals surface area (Å²) in [7, 11) is 1.65. The third-order valence-corrected chi connectivity index (χ3v) is 2.81. The molecule has 0 heterocycles. The molecule has 2 amide bonds. The summed E-state index contributed by atoms with van der Waals surface area (Å²) in [5.74, 6) is -0.893. The number of carbonyl (C=O) groups excluding carboxylic acids is 1. The van der Waals surface area contributed by atoms with Crippen molar-refractivity contribution < 1.29 is 19.8 Å². The summed E-state index contributed by atoms with van der Waals surface area (Å²) < 4.78 is 0. The van der Waals surface area contributed by atoms with E-state index < -0.39 is 12.1 Å². The third kappa shape index (κ3) is 7.89. The van der Waals surface area contributed by atoms with E-state index in [9.17, 15) is 9.59 Å². The van der Waals surface area contributed by atoms with Gasteiger partial charge in [0, 0.05) is 26.6 Å². The second kappa shape index (κ2) is 8.74. The Bertz CT molecular complexity index is 269. The highest BCUT2D eigenvalue weighted by Gasteiger charge is 2.14. The predicted octanol–water partition coefficient (Wildman–Crippen LogP) is 0.900. The van der Waals surface area contributed by atoms with Crippen molar-refractivity contribution in [3.63, 3.8) is 0 Å². The number of aliphatic carboxylic acids is 1. The summed E-state index contributed by atoms with van der Waals surface area (Å²) in [6, 6.07) is -0.237. The summed E-state index contributed by atoms with van der Waals surface area (Å²) in [6.07, 6.45) is 0.865. The minimum atomic E-state index is -0.849. The topological polar surface area (TPSA) is 89.9 Å². The number of carboxylic acids is 1. The maximum Gasteiger partial charge on any atom is 0.317 e. The number of hydrogen-bond donors (Lipinski definition) is 3. The Hall–Kier alpha value is -1.30. The Morgan fingerprint density at radius 3 is 2.44 bits per heavy atom. The Kier molecular flexibility index (Phi) is 8.11. The van der Waals surface area contributed by atoms with Crippen LogP contribution in [0.25, 0.3) is 0 Å². The number of nitrogens with zero attached hydrogens (tertiary/aromatic N) is 1. The van der Waals surface area contributed by atoms with Crippen LogP contribution < -0.4 is 5.32 Å². The molecule has 0 aromatic rings. The van der Waals surface area contributed by atoms with E-state index in [1.807, 2.05) is 6.92 Å². The van der Waals surface area contributed by atoms with Gasteiger partial charge in [-0.2, -0.15) is 0 Å². The molecule has 0 aromatic heterocycles. The number of rotatable bonds is 8. The molecule has 0 aliphatic rings. The zero-order valence-electron chi connectivity index (χ0n) is 11.3. The maximum absolute atomic E-state index is 11.6. The molecule has 0 rings (SSSR count). The van der Waals surface area contributed by atoms with Gasteiger partial charge >= 0.3 is 12.0 Å². The molecule has 0 saturated carbocycles. The highest BCUT2D eigenvalue weighted by molar-refractivity contribution is 5.74. The Labute approximate surface area is 108 Å². The molecule has 106 valence electrons. The summed E-state index contributed by atoms with van der Waals surface area (Å²) in [5.41, 5.74) is 0. The van der Waals surface area contributed by atoms with Crippen molar-refractivity contribution in [1.29, 1.82) is 0 Å². The average molecular weight is 260 g/mol. The van der Waals surface area contributed by atoms with Crippen LogP contribution in [0.2, 0.25) is 0 Å². The first kappa shape index (κ1) is 16.7. The molecular formula is C12H24N2O4. The molecule has 2 atom stereocenters. The van der Waals surface area contributed by atoms with Crippen LogP contribution in [0, 0.1) is 5.92 Å². The molecule has 0 aliphatic heterocycles. The summed E-state index contributed by atoms with van der Waals surface area (Å²) in [5, 5.41) is 20.5. The van der Waals surface area contributed by atoms with Crippen LogP contribution in [-0.4, -0.2) is 53.4 Å².